The fraction of sp³-hybridized carbons (Fsp3) is 0.600. The van der Waals surface area contributed by atoms with E-state index < -0.39 is 5.92 Å². The van der Waals surface area contributed by atoms with Gasteiger partial charge >= 0.3 is 0 Å². The number of anilines is 1. The van der Waals surface area contributed by atoms with E-state index in [-0.39, 0.29) is 17.9 Å². The third-order valence-corrected chi connectivity index (χ3v) is 6.10. The molecular formula is C20H26N2O3. The summed E-state index contributed by atoms with van der Waals surface area (Å²) in [6.45, 7) is 2.37. The van der Waals surface area contributed by atoms with Crippen LogP contribution in [0.25, 0.3) is 0 Å². The molecule has 2 atom stereocenters. The molecule has 2 amide bonds. The zero-order valence-corrected chi connectivity index (χ0v) is 14.8. The van der Waals surface area contributed by atoms with Crippen LogP contribution in [-0.4, -0.2) is 49.6 Å². The summed E-state index contributed by atoms with van der Waals surface area (Å²) in [5.41, 5.74) is 2.02. The Bertz CT molecular complexity index is 669. The lowest BCUT2D eigenvalue weighted by Crippen LogP contribution is -2.50. The molecule has 3 heterocycles. The van der Waals surface area contributed by atoms with Crippen molar-refractivity contribution in [2.24, 2.45) is 11.8 Å². The van der Waals surface area contributed by atoms with E-state index in [1.165, 1.54) is 0 Å². The van der Waals surface area contributed by atoms with Gasteiger partial charge in [0.05, 0.1) is 0 Å². The number of likely N-dealkylation sites (tertiary alicyclic amines) is 1. The molecule has 0 radical (unpaired) electrons. The molecule has 0 saturated carbocycles. The molecule has 0 spiro atoms. The minimum absolute atomic E-state index is 0.0281. The highest BCUT2D eigenvalue weighted by atomic mass is 16.5. The summed E-state index contributed by atoms with van der Waals surface area (Å²) in [7, 11) is 1.78. The van der Waals surface area contributed by atoms with Crippen LogP contribution in [0.3, 0.4) is 0 Å². The molecule has 5 heteroatoms. The average Bonchev–Trinajstić information content (AvgIpc) is 3.15. The van der Waals surface area contributed by atoms with Crippen molar-refractivity contribution in [3.05, 3.63) is 29.8 Å². The van der Waals surface area contributed by atoms with E-state index in [2.05, 4.69) is 0 Å². The van der Waals surface area contributed by atoms with Crippen LogP contribution in [0.4, 0.5) is 5.69 Å². The normalized spacial score (nSPS) is 27.5. The standard InChI is InChI=1S/C20H26N2O3/c1-21-17-6-3-2-5-15(17)13-16(19(21)23)20(24)22-10-4-7-18(22)14-8-11-25-12-9-14/h2-3,5-6,14,16,18H,4,7-13H2,1H3. The van der Waals surface area contributed by atoms with Crippen LogP contribution in [-0.2, 0) is 20.7 Å². The zero-order chi connectivity index (χ0) is 17.4. The molecule has 25 heavy (non-hydrogen) atoms. The van der Waals surface area contributed by atoms with Gasteiger partial charge in [0.15, 0.2) is 0 Å². The van der Waals surface area contributed by atoms with Crippen molar-refractivity contribution in [1.29, 1.82) is 0 Å². The number of amides is 2. The first-order valence-electron chi connectivity index (χ1n) is 9.40. The molecule has 2 saturated heterocycles. The Kier molecular flexibility index (Phi) is 4.50. The summed E-state index contributed by atoms with van der Waals surface area (Å²) in [5.74, 6) is -0.0917. The SMILES string of the molecule is CN1C(=O)C(C(=O)N2CCCC2C2CCOCC2)Cc2ccccc21. The number of para-hydroxylation sites is 1. The molecule has 5 nitrogen and oxygen atoms in total. The molecule has 0 aromatic heterocycles. The molecule has 3 aliphatic heterocycles. The minimum Gasteiger partial charge on any atom is -0.381 e. The molecule has 3 aliphatic rings. The van der Waals surface area contributed by atoms with Gasteiger partial charge in [-0.25, -0.2) is 0 Å². The van der Waals surface area contributed by atoms with Crippen LogP contribution in [0.5, 0.6) is 0 Å². The molecule has 134 valence electrons. The Labute approximate surface area is 148 Å². The Morgan fingerprint density at radius 3 is 2.72 bits per heavy atom. The van der Waals surface area contributed by atoms with Gasteiger partial charge < -0.3 is 14.5 Å². The summed E-state index contributed by atoms with van der Waals surface area (Å²) in [4.78, 5) is 29.8. The Morgan fingerprint density at radius 1 is 1.16 bits per heavy atom. The van der Waals surface area contributed by atoms with E-state index in [4.69, 9.17) is 4.74 Å². The number of hydrogen-bond acceptors (Lipinski definition) is 3. The number of hydrogen-bond donors (Lipinski definition) is 0. The second-order valence-electron chi connectivity index (χ2n) is 7.47. The first-order valence-corrected chi connectivity index (χ1v) is 9.40. The van der Waals surface area contributed by atoms with E-state index in [1.807, 2.05) is 29.2 Å². The van der Waals surface area contributed by atoms with Crippen LogP contribution in [0.1, 0.15) is 31.2 Å². The first-order chi connectivity index (χ1) is 12.2. The van der Waals surface area contributed by atoms with Crippen molar-refractivity contribution in [2.75, 3.05) is 31.7 Å². The van der Waals surface area contributed by atoms with E-state index >= 15 is 0 Å². The fourth-order valence-corrected chi connectivity index (χ4v) is 4.72. The number of fused-ring (bicyclic) bond motifs is 1. The van der Waals surface area contributed by atoms with Gasteiger partial charge in [-0.1, -0.05) is 18.2 Å². The van der Waals surface area contributed by atoms with Gasteiger partial charge in [0, 0.05) is 38.5 Å². The van der Waals surface area contributed by atoms with Gasteiger partial charge in [0.1, 0.15) is 5.92 Å². The van der Waals surface area contributed by atoms with E-state index in [0.29, 0.717) is 12.3 Å². The van der Waals surface area contributed by atoms with Crippen LogP contribution in [0.2, 0.25) is 0 Å². The van der Waals surface area contributed by atoms with E-state index in [9.17, 15) is 9.59 Å². The van der Waals surface area contributed by atoms with Gasteiger partial charge in [-0.3, -0.25) is 9.59 Å². The molecule has 0 N–H and O–H groups in total. The predicted octanol–water partition coefficient (Wildman–Crippen LogP) is 2.24. The molecule has 2 fully saturated rings. The first kappa shape index (κ1) is 16.6. The van der Waals surface area contributed by atoms with Crippen molar-refractivity contribution >= 4 is 17.5 Å². The number of carbonyl (C=O) groups is 2. The smallest absolute Gasteiger partial charge is 0.239 e. The third-order valence-electron chi connectivity index (χ3n) is 6.10. The third kappa shape index (κ3) is 2.95. The largest absolute Gasteiger partial charge is 0.381 e. The highest BCUT2D eigenvalue weighted by molar-refractivity contribution is 6.09. The number of ether oxygens (including phenoxy) is 1. The second-order valence-corrected chi connectivity index (χ2v) is 7.47. The van der Waals surface area contributed by atoms with Gasteiger partial charge in [0.2, 0.25) is 11.8 Å². The maximum absolute atomic E-state index is 13.3. The molecule has 1 aromatic carbocycles. The van der Waals surface area contributed by atoms with Gasteiger partial charge in [0.25, 0.3) is 0 Å². The average molecular weight is 342 g/mol. The van der Waals surface area contributed by atoms with E-state index in [1.54, 1.807) is 11.9 Å². The van der Waals surface area contributed by atoms with Crippen LogP contribution >= 0.6 is 0 Å². The fourth-order valence-electron chi connectivity index (χ4n) is 4.72. The minimum atomic E-state index is -0.569. The van der Waals surface area contributed by atoms with Crippen molar-refractivity contribution in [1.82, 2.24) is 4.90 Å². The van der Waals surface area contributed by atoms with Gasteiger partial charge in [-0.15, -0.1) is 0 Å². The lowest BCUT2D eigenvalue weighted by atomic mass is 9.87. The maximum atomic E-state index is 13.3. The summed E-state index contributed by atoms with van der Waals surface area (Å²) >= 11 is 0. The molecule has 4 rings (SSSR count). The van der Waals surface area contributed by atoms with Crippen LogP contribution in [0.15, 0.2) is 24.3 Å². The highest BCUT2D eigenvalue weighted by Gasteiger charge is 2.42. The molecule has 2 unspecified atom stereocenters. The Morgan fingerprint density at radius 2 is 1.92 bits per heavy atom. The number of nitrogens with zero attached hydrogens (tertiary/aromatic N) is 2. The lowest BCUT2D eigenvalue weighted by Gasteiger charge is -2.37. The van der Waals surface area contributed by atoms with Crippen LogP contribution in [0, 0.1) is 11.8 Å². The second kappa shape index (κ2) is 6.79. The maximum Gasteiger partial charge on any atom is 0.239 e. The molecule has 1 aromatic rings. The Balaban J connectivity index is 1.55. The van der Waals surface area contributed by atoms with Crippen LogP contribution < -0.4 is 4.90 Å². The topological polar surface area (TPSA) is 49.9 Å². The number of carbonyl (C=O) groups excluding carboxylic acids is 2. The lowest BCUT2D eigenvalue weighted by molar-refractivity contribution is -0.143. The summed E-state index contributed by atoms with van der Waals surface area (Å²) < 4.78 is 5.48. The highest BCUT2D eigenvalue weighted by Crippen LogP contribution is 2.35. The monoisotopic (exact) mass is 342 g/mol. The summed E-state index contributed by atoms with van der Waals surface area (Å²) in [6, 6.07) is 8.18. The quantitative estimate of drug-likeness (QED) is 0.775. The van der Waals surface area contributed by atoms with E-state index in [0.717, 1.165) is 56.7 Å². The molecular weight excluding hydrogens is 316 g/mol. The van der Waals surface area contributed by atoms with Gasteiger partial charge in [-0.05, 0) is 49.7 Å². The number of rotatable bonds is 2. The van der Waals surface area contributed by atoms with Crippen molar-refractivity contribution in [3.8, 4) is 0 Å². The zero-order valence-electron chi connectivity index (χ0n) is 14.8. The molecule has 0 bridgehead atoms. The summed E-state index contributed by atoms with van der Waals surface area (Å²) in [5, 5.41) is 0. The van der Waals surface area contributed by atoms with Crippen molar-refractivity contribution in [2.45, 2.75) is 38.1 Å². The number of benzene rings is 1. The summed E-state index contributed by atoms with van der Waals surface area (Å²) in [6.07, 6.45) is 4.67. The van der Waals surface area contributed by atoms with Crippen molar-refractivity contribution < 1.29 is 14.3 Å². The predicted molar refractivity (Wildman–Crippen MR) is 95.3 cm³/mol. The van der Waals surface area contributed by atoms with Gasteiger partial charge in [-0.2, -0.15) is 0 Å². The Hall–Kier alpha value is -1.88. The molecule has 0 aliphatic carbocycles. The van der Waals surface area contributed by atoms with Crippen molar-refractivity contribution in [3.63, 3.8) is 0 Å².